The third-order valence-corrected chi connectivity index (χ3v) is 2.19. The van der Waals surface area contributed by atoms with E-state index in [0.29, 0.717) is 11.3 Å². The lowest BCUT2D eigenvalue weighted by molar-refractivity contribution is -0.384. The summed E-state index contributed by atoms with van der Waals surface area (Å²) in [5.74, 6) is -0.0339. The van der Waals surface area contributed by atoms with Crippen LogP contribution in [0, 0.1) is 15.5 Å². The van der Waals surface area contributed by atoms with E-state index in [4.69, 9.17) is 27.5 Å². The third kappa shape index (κ3) is 3.32. The van der Waals surface area contributed by atoms with E-state index >= 15 is 0 Å². The molecule has 0 unspecified atom stereocenters. The predicted octanol–water partition coefficient (Wildman–Crippen LogP) is 1.07. The maximum Gasteiger partial charge on any atom is 0.288 e. The van der Waals surface area contributed by atoms with Gasteiger partial charge in [0.25, 0.3) is 5.69 Å². The molecule has 0 aromatic heterocycles. The molecule has 0 atom stereocenters. The van der Waals surface area contributed by atoms with Crippen molar-refractivity contribution in [2.75, 3.05) is 7.11 Å². The molecule has 0 saturated carbocycles. The SMILES string of the molecule is COc1cc(Cl)c([N+](=O)[O-])cc1C=NNC(=N)N. The molecule has 0 heterocycles. The average Bonchev–Trinajstić information content (AvgIpc) is 2.29. The number of nitrogens with zero attached hydrogens (tertiary/aromatic N) is 2. The number of halogens is 1. The Hall–Kier alpha value is -2.35. The van der Waals surface area contributed by atoms with Crippen LogP contribution in [0.3, 0.4) is 0 Å². The van der Waals surface area contributed by atoms with Crippen molar-refractivity contribution in [2.24, 2.45) is 10.8 Å². The second kappa shape index (κ2) is 5.82. The van der Waals surface area contributed by atoms with E-state index in [0.717, 1.165) is 0 Å². The molecule has 0 aliphatic rings. The van der Waals surface area contributed by atoms with E-state index in [1.54, 1.807) is 0 Å². The number of nitro benzene ring substituents is 1. The van der Waals surface area contributed by atoms with Gasteiger partial charge in [0.05, 0.1) is 18.2 Å². The van der Waals surface area contributed by atoms with Crippen molar-refractivity contribution in [3.05, 3.63) is 32.8 Å². The van der Waals surface area contributed by atoms with Gasteiger partial charge in [0.15, 0.2) is 0 Å². The summed E-state index contributed by atoms with van der Waals surface area (Å²) in [4.78, 5) is 10.1. The van der Waals surface area contributed by atoms with Gasteiger partial charge in [-0.05, 0) is 0 Å². The summed E-state index contributed by atoms with van der Waals surface area (Å²) in [6.07, 6.45) is 1.24. The summed E-state index contributed by atoms with van der Waals surface area (Å²) in [5.41, 5.74) is 7.28. The largest absolute Gasteiger partial charge is 0.496 e. The zero-order valence-electron chi connectivity index (χ0n) is 9.31. The fraction of sp³-hybridized carbons (Fsp3) is 0.111. The Labute approximate surface area is 107 Å². The van der Waals surface area contributed by atoms with E-state index < -0.39 is 4.92 Å². The van der Waals surface area contributed by atoms with Crippen LogP contribution in [0.5, 0.6) is 5.75 Å². The van der Waals surface area contributed by atoms with Crippen LogP contribution in [0.4, 0.5) is 5.69 Å². The topological polar surface area (TPSA) is 127 Å². The highest BCUT2D eigenvalue weighted by Crippen LogP contribution is 2.31. The first-order valence-electron chi connectivity index (χ1n) is 4.60. The number of nitrogens with one attached hydrogen (secondary N) is 2. The average molecular weight is 272 g/mol. The van der Waals surface area contributed by atoms with Crippen LogP contribution in [-0.4, -0.2) is 24.2 Å². The van der Waals surface area contributed by atoms with Gasteiger partial charge in [-0.1, -0.05) is 11.6 Å². The summed E-state index contributed by atoms with van der Waals surface area (Å²) in [6.45, 7) is 0. The van der Waals surface area contributed by atoms with Crippen molar-refractivity contribution in [1.29, 1.82) is 5.41 Å². The number of guanidine groups is 1. The molecule has 0 radical (unpaired) electrons. The normalized spacial score (nSPS) is 10.3. The standard InChI is InChI=1S/C9H10ClN5O3/c1-18-8-3-6(10)7(15(16)17)2-5(8)4-13-14-9(11)12/h2-4H,1H3,(H4,11,12,14). The van der Waals surface area contributed by atoms with Crippen molar-refractivity contribution < 1.29 is 9.66 Å². The highest BCUT2D eigenvalue weighted by atomic mass is 35.5. The molecule has 4 N–H and O–H groups in total. The fourth-order valence-corrected chi connectivity index (χ4v) is 1.37. The highest BCUT2D eigenvalue weighted by Gasteiger charge is 2.16. The van der Waals surface area contributed by atoms with Crippen LogP contribution in [0.25, 0.3) is 0 Å². The summed E-state index contributed by atoms with van der Waals surface area (Å²) in [5, 5.41) is 21.2. The molecule has 0 fully saturated rings. The number of hydrazone groups is 1. The van der Waals surface area contributed by atoms with Crippen molar-refractivity contribution in [2.45, 2.75) is 0 Å². The highest BCUT2D eigenvalue weighted by molar-refractivity contribution is 6.33. The van der Waals surface area contributed by atoms with Gasteiger partial charge in [0.2, 0.25) is 5.96 Å². The number of hydrogen-bond acceptors (Lipinski definition) is 5. The first-order valence-corrected chi connectivity index (χ1v) is 4.98. The van der Waals surface area contributed by atoms with Gasteiger partial charge in [0.1, 0.15) is 10.8 Å². The van der Waals surface area contributed by atoms with Gasteiger partial charge < -0.3 is 10.5 Å². The zero-order chi connectivity index (χ0) is 13.7. The molecule has 0 amide bonds. The molecule has 96 valence electrons. The number of nitrogens with two attached hydrogens (primary N) is 1. The predicted molar refractivity (Wildman–Crippen MR) is 67.3 cm³/mol. The second-order valence-corrected chi connectivity index (χ2v) is 3.49. The molecule has 1 aromatic rings. The van der Waals surface area contributed by atoms with Crippen LogP contribution >= 0.6 is 11.6 Å². The Balaban J connectivity index is 3.15. The minimum absolute atomic E-state index is 0.0338. The monoisotopic (exact) mass is 271 g/mol. The van der Waals surface area contributed by atoms with E-state index in [1.165, 1.54) is 25.5 Å². The van der Waals surface area contributed by atoms with Crippen LogP contribution in [0.15, 0.2) is 17.2 Å². The molecular formula is C9H10ClN5O3. The van der Waals surface area contributed by atoms with Gasteiger partial charge in [0, 0.05) is 17.7 Å². The molecule has 0 saturated heterocycles. The molecule has 18 heavy (non-hydrogen) atoms. The van der Waals surface area contributed by atoms with Crippen molar-refractivity contribution >= 4 is 29.5 Å². The lowest BCUT2D eigenvalue weighted by atomic mass is 10.2. The number of methoxy groups -OCH3 is 1. The van der Waals surface area contributed by atoms with Crippen LogP contribution in [0.2, 0.25) is 5.02 Å². The number of benzene rings is 1. The first-order chi connectivity index (χ1) is 8.45. The maximum absolute atomic E-state index is 10.7. The molecule has 0 bridgehead atoms. The molecule has 1 rings (SSSR count). The van der Waals surface area contributed by atoms with Gasteiger partial charge in [-0.15, -0.1) is 0 Å². The lowest BCUT2D eigenvalue weighted by Crippen LogP contribution is -2.25. The Morgan fingerprint density at radius 1 is 1.72 bits per heavy atom. The summed E-state index contributed by atoms with van der Waals surface area (Å²) in [7, 11) is 1.40. The maximum atomic E-state index is 10.7. The van der Waals surface area contributed by atoms with Gasteiger partial charge in [-0.3, -0.25) is 15.5 Å². The molecule has 0 aliphatic heterocycles. The molecule has 0 spiro atoms. The first kappa shape index (κ1) is 13.7. The number of rotatable bonds is 4. The number of nitro groups is 1. The van der Waals surface area contributed by atoms with E-state index in [1.807, 2.05) is 0 Å². The lowest BCUT2D eigenvalue weighted by Gasteiger charge is -2.05. The molecule has 8 nitrogen and oxygen atoms in total. The summed E-state index contributed by atoms with van der Waals surface area (Å²) >= 11 is 5.72. The molecule has 0 aliphatic carbocycles. The minimum Gasteiger partial charge on any atom is -0.496 e. The Kier molecular flexibility index (Phi) is 4.44. The van der Waals surface area contributed by atoms with E-state index in [2.05, 4.69) is 10.5 Å². The van der Waals surface area contributed by atoms with Crippen molar-refractivity contribution in [3.8, 4) is 5.75 Å². The van der Waals surface area contributed by atoms with E-state index in [9.17, 15) is 10.1 Å². The van der Waals surface area contributed by atoms with Gasteiger partial charge in [-0.25, -0.2) is 5.43 Å². The number of hydrogen-bond donors (Lipinski definition) is 3. The zero-order valence-corrected chi connectivity index (χ0v) is 10.1. The Bertz CT molecular complexity index is 517. The summed E-state index contributed by atoms with van der Waals surface area (Å²) < 4.78 is 5.01. The molecule has 1 aromatic carbocycles. The van der Waals surface area contributed by atoms with Crippen molar-refractivity contribution in [1.82, 2.24) is 5.43 Å². The molecule has 9 heteroatoms. The minimum atomic E-state index is -0.614. The Morgan fingerprint density at radius 2 is 2.39 bits per heavy atom. The van der Waals surface area contributed by atoms with E-state index in [-0.39, 0.29) is 16.7 Å². The van der Waals surface area contributed by atoms with Crippen LogP contribution in [0.1, 0.15) is 5.56 Å². The smallest absolute Gasteiger partial charge is 0.288 e. The third-order valence-electron chi connectivity index (χ3n) is 1.88. The number of ether oxygens (including phenoxy) is 1. The molecular weight excluding hydrogens is 262 g/mol. The van der Waals surface area contributed by atoms with Crippen LogP contribution in [-0.2, 0) is 0 Å². The van der Waals surface area contributed by atoms with Crippen LogP contribution < -0.4 is 15.9 Å². The quantitative estimate of drug-likeness (QED) is 0.327. The second-order valence-electron chi connectivity index (χ2n) is 3.09. The van der Waals surface area contributed by atoms with Gasteiger partial charge >= 0.3 is 0 Å². The van der Waals surface area contributed by atoms with Crippen molar-refractivity contribution in [3.63, 3.8) is 0 Å². The van der Waals surface area contributed by atoms with Gasteiger partial charge in [-0.2, -0.15) is 5.10 Å². The Morgan fingerprint density at radius 3 is 2.89 bits per heavy atom. The fourth-order valence-electron chi connectivity index (χ4n) is 1.15. The summed E-state index contributed by atoms with van der Waals surface area (Å²) in [6, 6.07) is 2.53.